The number of aryl methyl sites for hydroxylation is 1. The minimum atomic E-state index is -4.13. The van der Waals surface area contributed by atoms with E-state index in [9.17, 15) is 13.2 Å². The van der Waals surface area contributed by atoms with E-state index >= 15 is 0 Å². The van der Waals surface area contributed by atoms with E-state index in [1.165, 1.54) is 0 Å². The van der Waals surface area contributed by atoms with E-state index in [0.29, 0.717) is 6.54 Å². The molecule has 0 aliphatic carbocycles. The molecule has 1 aromatic heterocycles. The van der Waals surface area contributed by atoms with Crippen LogP contribution in [0.1, 0.15) is 24.6 Å². The zero-order valence-corrected chi connectivity index (χ0v) is 11.5. The highest BCUT2D eigenvalue weighted by molar-refractivity contribution is 5.79. The fourth-order valence-electron chi connectivity index (χ4n) is 2.10. The average Bonchev–Trinajstić information content (AvgIpc) is 2.34. The lowest BCUT2D eigenvalue weighted by molar-refractivity contribution is -0.139. The summed E-state index contributed by atoms with van der Waals surface area (Å²) in [5, 5.41) is 3.89. The van der Waals surface area contributed by atoms with Gasteiger partial charge in [-0.25, -0.2) is 0 Å². The molecule has 1 unspecified atom stereocenters. The molecule has 0 radical (unpaired) electrons. The summed E-state index contributed by atoms with van der Waals surface area (Å²) >= 11 is 0. The summed E-state index contributed by atoms with van der Waals surface area (Å²) < 4.78 is 36.7. The van der Waals surface area contributed by atoms with Crippen LogP contribution < -0.4 is 5.32 Å². The van der Waals surface area contributed by atoms with E-state index in [-0.39, 0.29) is 0 Å². The van der Waals surface area contributed by atoms with E-state index in [1.54, 1.807) is 6.92 Å². The Hall–Kier alpha value is -1.62. The first kappa shape index (κ1) is 14.8. The Morgan fingerprint density at radius 3 is 2.65 bits per heavy atom. The topological polar surface area (TPSA) is 24.9 Å². The third kappa shape index (κ3) is 4.20. The van der Waals surface area contributed by atoms with Crippen LogP contribution in [0.25, 0.3) is 10.9 Å². The molecule has 0 saturated carbocycles. The van der Waals surface area contributed by atoms with E-state index in [0.717, 1.165) is 22.2 Å². The molecule has 1 N–H and O–H groups in total. The van der Waals surface area contributed by atoms with Crippen LogP contribution in [0.2, 0.25) is 0 Å². The van der Waals surface area contributed by atoms with Crippen molar-refractivity contribution in [1.29, 1.82) is 0 Å². The molecule has 1 atom stereocenters. The second kappa shape index (κ2) is 5.79. The number of alkyl halides is 3. The summed E-state index contributed by atoms with van der Waals surface area (Å²) in [5.74, 6) is 0. The first-order valence-corrected chi connectivity index (χ1v) is 6.50. The number of hydrogen-bond acceptors (Lipinski definition) is 2. The molecule has 2 rings (SSSR count). The van der Waals surface area contributed by atoms with Crippen LogP contribution in [-0.4, -0.2) is 17.2 Å². The molecule has 0 amide bonds. The number of aromatic nitrogens is 1. The smallest absolute Gasteiger partial charge is 0.310 e. The SMILES string of the molecule is Cc1ccc2cc(CNC(C)CC(F)(F)F)ccc2n1. The van der Waals surface area contributed by atoms with Gasteiger partial charge >= 0.3 is 6.18 Å². The highest BCUT2D eigenvalue weighted by atomic mass is 19.4. The Morgan fingerprint density at radius 2 is 1.95 bits per heavy atom. The molecular formula is C15H17F3N2. The number of halogens is 3. The summed E-state index contributed by atoms with van der Waals surface area (Å²) in [5.41, 5.74) is 2.80. The van der Waals surface area contributed by atoms with Crippen LogP contribution in [0, 0.1) is 6.92 Å². The number of rotatable bonds is 4. The fraction of sp³-hybridized carbons (Fsp3) is 0.400. The van der Waals surface area contributed by atoms with E-state index in [1.807, 2.05) is 37.3 Å². The largest absolute Gasteiger partial charge is 0.390 e. The Morgan fingerprint density at radius 1 is 1.20 bits per heavy atom. The molecule has 108 valence electrons. The van der Waals surface area contributed by atoms with Gasteiger partial charge in [0.25, 0.3) is 0 Å². The molecule has 5 heteroatoms. The van der Waals surface area contributed by atoms with Crippen molar-refractivity contribution in [3.63, 3.8) is 0 Å². The standard InChI is InChI=1S/C15H17F3N2/c1-10-3-5-13-7-12(4-6-14(13)20-10)9-19-11(2)8-15(16,17)18/h3-7,11,19H,8-9H2,1-2H3. The van der Waals surface area contributed by atoms with Crippen LogP contribution in [0.3, 0.4) is 0 Å². The third-order valence-electron chi connectivity index (χ3n) is 3.09. The van der Waals surface area contributed by atoms with Crippen molar-refractivity contribution in [2.45, 2.75) is 39.0 Å². The predicted octanol–water partition coefficient (Wildman–Crippen LogP) is 3.97. The molecule has 1 aromatic carbocycles. The monoisotopic (exact) mass is 282 g/mol. The van der Waals surface area contributed by atoms with Gasteiger partial charge in [0.2, 0.25) is 0 Å². The van der Waals surface area contributed by atoms with Crippen LogP contribution >= 0.6 is 0 Å². The van der Waals surface area contributed by atoms with Gasteiger partial charge in [-0.15, -0.1) is 0 Å². The van der Waals surface area contributed by atoms with E-state index < -0.39 is 18.6 Å². The molecule has 2 aromatic rings. The molecule has 20 heavy (non-hydrogen) atoms. The molecule has 0 spiro atoms. The van der Waals surface area contributed by atoms with Gasteiger partial charge in [-0.3, -0.25) is 4.98 Å². The first-order chi connectivity index (χ1) is 9.33. The number of nitrogens with zero attached hydrogens (tertiary/aromatic N) is 1. The lowest BCUT2D eigenvalue weighted by Gasteiger charge is -2.16. The van der Waals surface area contributed by atoms with Gasteiger partial charge in [0.05, 0.1) is 11.9 Å². The van der Waals surface area contributed by atoms with Gasteiger partial charge in [-0.05, 0) is 37.6 Å². The zero-order chi connectivity index (χ0) is 14.8. The van der Waals surface area contributed by atoms with E-state index in [4.69, 9.17) is 0 Å². The number of benzene rings is 1. The predicted molar refractivity (Wildman–Crippen MR) is 73.5 cm³/mol. The quantitative estimate of drug-likeness (QED) is 0.917. The summed E-state index contributed by atoms with van der Waals surface area (Å²) in [6.07, 6.45) is -4.95. The molecule has 0 saturated heterocycles. The molecule has 0 aliphatic heterocycles. The van der Waals surface area contributed by atoms with E-state index in [2.05, 4.69) is 10.3 Å². The van der Waals surface area contributed by atoms with Crippen molar-refractivity contribution in [1.82, 2.24) is 10.3 Å². The highest BCUT2D eigenvalue weighted by Gasteiger charge is 2.29. The summed E-state index contributed by atoms with van der Waals surface area (Å²) in [6, 6.07) is 9.04. The Bertz CT molecular complexity index is 593. The normalized spacial score (nSPS) is 13.7. The average molecular weight is 282 g/mol. The van der Waals surface area contributed by atoms with Gasteiger partial charge in [0, 0.05) is 23.7 Å². The molecule has 0 aliphatic rings. The van der Waals surface area contributed by atoms with Gasteiger partial charge in [0.15, 0.2) is 0 Å². The molecule has 1 heterocycles. The van der Waals surface area contributed by atoms with Gasteiger partial charge in [-0.1, -0.05) is 12.1 Å². The summed E-state index contributed by atoms with van der Waals surface area (Å²) in [4.78, 5) is 4.39. The van der Waals surface area contributed by atoms with Crippen molar-refractivity contribution in [3.8, 4) is 0 Å². The Balaban J connectivity index is 2.02. The van der Waals surface area contributed by atoms with Gasteiger partial charge in [-0.2, -0.15) is 13.2 Å². The maximum atomic E-state index is 12.2. The van der Waals surface area contributed by atoms with Crippen molar-refractivity contribution >= 4 is 10.9 Å². The maximum absolute atomic E-state index is 12.2. The third-order valence-corrected chi connectivity index (χ3v) is 3.09. The second-order valence-corrected chi connectivity index (χ2v) is 5.08. The number of nitrogens with one attached hydrogen (secondary N) is 1. The zero-order valence-electron chi connectivity index (χ0n) is 11.5. The van der Waals surface area contributed by atoms with Crippen LogP contribution in [0.15, 0.2) is 30.3 Å². The lowest BCUT2D eigenvalue weighted by atomic mass is 10.1. The fourth-order valence-corrected chi connectivity index (χ4v) is 2.10. The van der Waals surface area contributed by atoms with Gasteiger partial charge < -0.3 is 5.32 Å². The lowest BCUT2D eigenvalue weighted by Crippen LogP contribution is -2.30. The number of fused-ring (bicyclic) bond motifs is 1. The number of pyridine rings is 1. The Labute approximate surface area is 116 Å². The van der Waals surface area contributed by atoms with Crippen LogP contribution in [0.4, 0.5) is 13.2 Å². The van der Waals surface area contributed by atoms with Crippen LogP contribution in [0.5, 0.6) is 0 Å². The highest BCUT2D eigenvalue weighted by Crippen LogP contribution is 2.21. The maximum Gasteiger partial charge on any atom is 0.390 e. The minimum Gasteiger partial charge on any atom is -0.310 e. The number of hydrogen-bond donors (Lipinski definition) is 1. The molecule has 0 bridgehead atoms. The van der Waals surface area contributed by atoms with Crippen molar-refractivity contribution in [2.24, 2.45) is 0 Å². The summed E-state index contributed by atoms with van der Waals surface area (Å²) in [7, 11) is 0. The molecular weight excluding hydrogens is 265 g/mol. The van der Waals surface area contributed by atoms with Gasteiger partial charge in [0.1, 0.15) is 0 Å². The Kier molecular flexibility index (Phi) is 4.28. The van der Waals surface area contributed by atoms with Crippen molar-refractivity contribution < 1.29 is 13.2 Å². The molecule has 2 nitrogen and oxygen atoms in total. The van der Waals surface area contributed by atoms with Crippen molar-refractivity contribution in [2.75, 3.05) is 0 Å². The van der Waals surface area contributed by atoms with Crippen LogP contribution in [-0.2, 0) is 6.54 Å². The van der Waals surface area contributed by atoms with Crippen molar-refractivity contribution in [3.05, 3.63) is 41.6 Å². The molecule has 0 fully saturated rings. The minimum absolute atomic E-state index is 0.418. The first-order valence-electron chi connectivity index (χ1n) is 6.50. The summed E-state index contributed by atoms with van der Waals surface area (Å²) in [6.45, 7) is 3.88. The second-order valence-electron chi connectivity index (χ2n) is 5.08.